The van der Waals surface area contributed by atoms with Gasteiger partial charge in [-0.2, -0.15) is 0 Å². The minimum absolute atomic E-state index is 0.113. The van der Waals surface area contributed by atoms with Crippen molar-refractivity contribution in [2.24, 2.45) is 0 Å². The molecule has 7 heteroatoms. The van der Waals surface area contributed by atoms with Gasteiger partial charge in [0.1, 0.15) is 11.6 Å². The SMILES string of the molecule is COc1ccc(C(=O)NNC(=O)CN2CCCc3ccccc32)c(F)c1. The molecular weight excluding hydrogens is 337 g/mol. The van der Waals surface area contributed by atoms with Gasteiger partial charge in [0.2, 0.25) is 0 Å². The van der Waals surface area contributed by atoms with Crippen LogP contribution in [0.4, 0.5) is 10.1 Å². The summed E-state index contributed by atoms with van der Waals surface area (Å²) >= 11 is 0. The quantitative estimate of drug-likeness (QED) is 0.822. The lowest BCUT2D eigenvalue weighted by atomic mass is 10.0. The van der Waals surface area contributed by atoms with Crippen LogP contribution in [0, 0.1) is 5.82 Å². The highest BCUT2D eigenvalue weighted by atomic mass is 19.1. The van der Waals surface area contributed by atoms with E-state index in [1.165, 1.54) is 24.8 Å². The molecule has 2 amide bonds. The van der Waals surface area contributed by atoms with Crippen molar-refractivity contribution in [2.45, 2.75) is 12.8 Å². The van der Waals surface area contributed by atoms with E-state index < -0.39 is 11.7 Å². The highest BCUT2D eigenvalue weighted by molar-refractivity contribution is 5.96. The number of carbonyl (C=O) groups is 2. The molecule has 26 heavy (non-hydrogen) atoms. The number of rotatable bonds is 4. The Morgan fingerprint density at radius 3 is 2.77 bits per heavy atom. The van der Waals surface area contributed by atoms with Crippen molar-refractivity contribution in [3.63, 3.8) is 0 Å². The fourth-order valence-corrected chi connectivity index (χ4v) is 2.99. The van der Waals surface area contributed by atoms with Gasteiger partial charge in [0.25, 0.3) is 11.8 Å². The first-order valence-electron chi connectivity index (χ1n) is 8.34. The highest BCUT2D eigenvalue weighted by Crippen LogP contribution is 2.26. The molecule has 2 aromatic carbocycles. The van der Waals surface area contributed by atoms with Gasteiger partial charge in [0, 0.05) is 18.3 Å². The largest absolute Gasteiger partial charge is 0.497 e. The maximum absolute atomic E-state index is 13.9. The van der Waals surface area contributed by atoms with Crippen molar-refractivity contribution in [3.05, 3.63) is 59.4 Å². The molecule has 6 nitrogen and oxygen atoms in total. The number of amides is 2. The first kappa shape index (κ1) is 17.7. The Morgan fingerprint density at radius 1 is 1.19 bits per heavy atom. The summed E-state index contributed by atoms with van der Waals surface area (Å²) in [5.41, 5.74) is 6.64. The summed E-state index contributed by atoms with van der Waals surface area (Å²) in [7, 11) is 1.41. The molecule has 0 saturated carbocycles. The smallest absolute Gasteiger partial charge is 0.272 e. The molecule has 0 spiro atoms. The number of methoxy groups -OCH3 is 1. The highest BCUT2D eigenvalue weighted by Gasteiger charge is 2.19. The summed E-state index contributed by atoms with van der Waals surface area (Å²) < 4.78 is 18.8. The summed E-state index contributed by atoms with van der Waals surface area (Å²) in [6, 6.07) is 11.8. The van der Waals surface area contributed by atoms with Gasteiger partial charge in [0.05, 0.1) is 19.2 Å². The van der Waals surface area contributed by atoms with Crippen molar-refractivity contribution in [2.75, 3.05) is 25.1 Å². The van der Waals surface area contributed by atoms with Crippen LogP contribution in [0.3, 0.4) is 0 Å². The average Bonchev–Trinajstić information content (AvgIpc) is 2.66. The standard InChI is InChI=1S/C19H20FN3O3/c1-26-14-8-9-15(16(20)11-14)19(25)22-21-18(24)12-23-10-4-6-13-5-2-3-7-17(13)23/h2-3,5,7-9,11H,4,6,10,12H2,1H3,(H,21,24)(H,22,25). The van der Waals surface area contributed by atoms with Crippen molar-refractivity contribution < 1.29 is 18.7 Å². The summed E-state index contributed by atoms with van der Waals surface area (Å²) in [5, 5.41) is 0. The lowest BCUT2D eigenvalue weighted by Crippen LogP contribution is -2.47. The first-order chi connectivity index (χ1) is 12.6. The van der Waals surface area contributed by atoms with Crippen molar-refractivity contribution in [3.8, 4) is 5.75 Å². The van der Waals surface area contributed by atoms with Crippen LogP contribution < -0.4 is 20.5 Å². The molecule has 0 unspecified atom stereocenters. The van der Waals surface area contributed by atoms with Crippen LogP contribution in [0.15, 0.2) is 42.5 Å². The molecule has 1 aliphatic rings. The molecule has 1 aliphatic heterocycles. The Balaban J connectivity index is 1.57. The first-order valence-corrected chi connectivity index (χ1v) is 8.34. The topological polar surface area (TPSA) is 70.7 Å². The van der Waals surface area contributed by atoms with E-state index >= 15 is 0 Å². The lowest BCUT2D eigenvalue weighted by molar-refractivity contribution is -0.120. The Labute approximate surface area is 150 Å². The van der Waals surface area contributed by atoms with Crippen LogP contribution in [-0.4, -0.2) is 32.0 Å². The monoisotopic (exact) mass is 357 g/mol. The number of nitrogens with zero attached hydrogens (tertiary/aromatic N) is 1. The van der Waals surface area contributed by atoms with Crippen LogP contribution in [0.5, 0.6) is 5.75 Å². The fourth-order valence-electron chi connectivity index (χ4n) is 2.99. The molecule has 0 radical (unpaired) electrons. The summed E-state index contributed by atoms with van der Waals surface area (Å²) in [4.78, 5) is 26.2. The molecular formula is C19H20FN3O3. The molecule has 0 bridgehead atoms. The number of carbonyl (C=O) groups excluding carboxylic acids is 2. The van der Waals surface area contributed by atoms with Gasteiger partial charge < -0.3 is 9.64 Å². The van der Waals surface area contributed by atoms with Crippen LogP contribution in [0.25, 0.3) is 0 Å². The number of hydrazine groups is 1. The Morgan fingerprint density at radius 2 is 2.00 bits per heavy atom. The maximum Gasteiger partial charge on any atom is 0.272 e. The summed E-state index contributed by atoms with van der Waals surface area (Å²) in [6.45, 7) is 0.883. The molecule has 0 aromatic heterocycles. The van der Waals surface area contributed by atoms with Crippen molar-refractivity contribution >= 4 is 17.5 Å². The van der Waals surface area contributed by atoms with E-state index in [-0.39, 0.29) is 18.0 Å². The minimum atomic E-state index is -0.724. The zero-order chi connectivity index (χ0) is 18.5. The number of benzene rings is 2. The molecule has 0 fully saturated rings. The second-order valence-corrected chi connectivity index (χ2v) is 6.00. The Kier molecular flexibility index (Phi) is 5.36. The summed E-state index contributed by atoms with van der Waals surface area (Å²) in [6.07, 6.45) is 1.95. The van der Waals surface area contributed by atoms with Gasteiger partial charge in [-0.05, 0) is 36.6 Å². The predicted molar refractivity (Wildman–Crippen MR) is 95.5 cm³/mol. The number of para-hydroxylation sites is 1. The number of ether oxygens (including phenoxy) is 1. The normalized spacial score (nSPS) is 12.9. The molecule has 136 valence electrons. The third-order valence-corrected chi connectivity index (χ3v) is 4.28. The van der Waals surface area contributed by atoms with E-state index in [1.54, 1.807) is 0 Å². The molecule has 0 saturated heterocycles. The van der Waals surface area contributed by atoms with Gasteiger partial charge >= 0.3 is 0 Å². The number of anilines is 1. The van der Waals surface area contributed by atoms with Gasteiger partial charge in [-0.25, -0.2) is 4.39 Å². The van der Waals surface area contributed by atoms with Crippen LogP contribution in [-0.2, 0) is 11.2 Å². The number of halogens is 1. The zero-order valence-corrected chi connectivity index (χ0v) is 14.4. The minimum Gasteiger partial charge on any atom is -0.497 e. The molecule has 0 aliphatic carbocycles. The van der Waals surface area contributed by atoms with E-state index in [0.29, 0.717) is 5.75 Å². The van der Waals surface area contributed by atoms with Gasteiger partial charge in [0.15, 0.2) is 0 Å². The second-order valence-electron chi connectivity index (χ2n) is 6.00. The van der Waals surface area contributed by atoms with Crippen molar-refractivity contribution in [1.29, 1.82) is 0 Å². The maximum atomic E-state index is 13.9. The molecule has 1 heterocycles. The number of aryl methyl sites for hydroxylation is 1. The van der Waals surface area contributed by atoms with E-state index in [9.17, 15) is 14.0 Å². The average molecular weight is 357 g/mol. The summed E-state index contributed by atoms with van der Waals surface area (Å²) in [5.74, 6) is -1.51. The predicted octanol–water partition coefficient (Wildman–Crippen LogP) is 2.05. The second kappa shape index (κ2) is 7.86. The van der Waals surface area contributed by atoms with Gasteiger partial charge in [-0.15, -0.1) is 0 Å². The van der Waals surface area contributed by atoms with Crippen LogP contribution >= 0.6 is 0 Å². The number of hydrogen-bond acceptors (Lipinski definition) is 4. The zero-order valence-electron chi connectivity index (χ0n) is 14.4. The molecule has 0 atom stereocenters. The fraction of sp³-hybridized carbons (Fsp3) is 0.263. The Bertz CT molecular complexity index is 825. The van der Waals surface area contributed by atoms with E-state index in [1.807, 2.05) is 29.2 Å². The molecule has 3 rings (SSSR count). The van der Waals surface area contributed by atoms with Gasteiger partial charge in [-0.3, -0.25) is 20.4 Å². The molecule has 2 aromatic rings. The number of nitrogens with one attached hydrogen (secondary N) is 2. The third kappa shape index (κ3) is 3.93. The van der Waals surface area contributed by atoms with E-state index in [4.69, 9.17) is 4.74 Å². The molecule has 2 N–H and O–H groups in total. The van der Waals surface area contributed by atoms with E-state index in [2.05, 4.69) is 10.9 Å². The lowest BCUT2D eigenvalue weighted by Gasteiger charge is -2.30. The number of fused-ring (bicyclic) bond motifs is 1. The number of hydrogen-bond donors (Lipinski definition) is 2. The van der Waals surface area contributed by atoms with Crippen LogP contribution in [0.2, 0.25) is 0 Å². The van der Waals surface area contributed by atoms with Crippen LogP contribution in [0.1, 0.15) is 22.3 Å². The Hall–Kier alpha value is -3.09. The van der Waals surface area contributed by atoms with Crippen molar-refractivity contribution in [1.82, 2.24) is 10.9 Å². The van der Waals surface area contributed by atoms with E-state index in [0.717, 1.165) is 31.1 Å². The third-order valence-electron chi connectivity index (χ3n) is 4.28. The van der Waals surface area contributed by atoms with Gasteiger partial charge in [-0.1, -0.05) is 18.2 Å².